The van der Waals surface area contributed by atoms with E-state index < -0.39 is 11.3 Å². The molecule has 4 rings (SSSR count). The van der Waals surface area contributed by atoms with Crippen LogP contribution in [0, 0.1) is 5.41 Å². The van der Waals surface area contributed by atoms with E-state index in [1.807, 2.05) is 4.90 Å². The minimum Gasteiger partial charge on any atom is -0.354 e. The average molecular weight is 348 g/mol. The maximum absolute atomic E-state index is 14.8. The first-order chi connectivity index (χ1) is 12.0. The number of nitrogens with one attached hydrogen (secondary N) is 1. The number of amides is 1. The number of halogens is 2. The molecular weight excluding hydrogens is 330 g/mol. The largest absolute Gasteiger partial charge is 0.354 e. The van der Waals surface area contributed by atoms with Crippen molar-refractivity contribution in [3.63, 3.8) is 0 Å². The molecule has 1 amide bonds. The first-order valence-corrected chi connectivity index (χ1v) is 8.17. The van der Waals surface area contributed by atoms with Crippen molar-refractivity contribution >= 4 is 11.7 Å². The maximum Gasteiger partial charge on any atom is 0.271 e. The van der Waals surface area contributed by atoms with Gasteiger partial charge in [-0.15, -0.1) is 0 Å². The number of piperidine rings is 1. The number of likely N-dealkylation sites (tertiary alicyclic amines) is 1. The molecule has 132 valence electrons. The number of imidazole rings is 1. The Balaban J connectivity index is 1.57. The van der Waals surface area contributed by atoms with Crippen molar-refractivity contribution < 1.29 is 13.6 Å². The smallest absolute Gasteiger partial charge is 0.271 e. The summed E-state index contributed by atoms with van der Waals surface area (Å²) >= 11 is 0. The zero-order chi connectivity index (χ0) is 17.5. The third-order valence-electron chi connectivity index (χ3n) is 5.21. The number of alkyl halides is 2. The number of hydrogen-bond acceptors (Lipinski definition) is 5. The lowest BCUT2D eigenvalue weighted by Gasteiger charge is -2.45. The Morgan fingerprint density at radius 1 is 1.12 bits per heavy atom. The molecule has 0 aromatic carbocycles. The van der Waals surface area contributed by atoms with Gasteiger partial charge in [0.25, 0.3) is 11.8 Å². The summed E-state index contributed by atoms with van der Waals surface area (Å²) in [6, 6.07) is 0. The molecule has 2 aliphatic rings. The molecular formula is C16H18F2N6O. The number of H-pyrrole nitrogens is 1. The van der Waals surface area contributed by atoms with Gasteiger partial charge in [-0.25, -0.2) is 18.7 Å². The molecule has 0 saturated carbocycles. The molecule has 1 spiro atoms. The monoisotopic (exact) mass is 348 g/mol. The Hall–Kier alpha value is -2.58. The molecule has 25 heavy (non-hydrogen) atoms. The zero-order valence-corrected chi connectivity index (χ0v) is 13.5. The molecule has 0 bridgehead atoms. The van der Waals surface area contributed by atoms with Gasteiger partial charge in [0.1, 0.15) is 11.5 Å². The molecule has 0 unspecified atom stereocenters. The van der Waals surface area contributed by atoms with Gasteiger partial charge in [-0.05, 0) is 6.42 Å². The van der Waals surface area contributed by atoms with Gasteiger partial charge in [-0.1, -0.05) is 0 Å². The SMILES string of the molecule is O=C(c1cnc[nH]1)N1CCC(F)(F)[C@@]2(CCN(c3cnccn3)C2)C1. The Kier molecular flexibility index (Phi) is 3.66. The fourth-order valence-electron chi connectivity index (χ4n) is 3.77. The highest BCUT2D eigenvalue weighted by Crippen LogP contribution is 2.50. The summed E-state index contributed by atoms with van der Waals surface area (Å²) < 4.78 is 29.6. The highest BCUT2D eigenvalue weighted by atomic mass is 19.3. The highest BCUT2D eigenvalue weighted by molar-refractivity contribution is 5.92. The first-order valence-electron chi connectivity index (χ1n) is 8.17. The van der Waals surface area contributed by atoms with Crippen molar-refractivity contribution in [2.24, 2.45) is 5.41 Å². The Morgan fingerprint density at radius 2 is 2.00 bits per heavy atom. The molecule has 2 aliphatic heterocycles. The molecule has 4 heterocycles. The average Bonchev–Trinajstić information content (AvgIpc) is 3.29. The fourth-order valence-corrected chi connectivity index (χ4v) is 3.77. The lowest BCUT2D eigenvalue weighted by molar-refractivity contribution is -0.150. The van der Waals surface area contributed by atoms with Gasteiger partial charge in [0.2, 0.25) is 0 Å². The van der Waals surface area contributed by atoms with Gasteiger partial charge < -0.3 is 14.8 Å². The summed E-state index contributed by atoms with van der Waals surface area (Å²) in [5.74, 6) is -2.52. The molecule has 7 nitrogen and oxygen atoms in total. The highest BCUT2D eigenvalue weighted by Gasteiger charge is 2.60. The number of carbonyl (C=O) groups excluding carboxylic acids is 1. The van der Waals surface area contributed by atoms with Crippen LogP contribution in [0.3, 0.4) is 0 Å². The van der Waals surface area contributed by atoms with Crippen LogP contribution in [-0.4, -0.2) is 62.8 Å². The predicted molar refractivity (Wildman–Crippen MR) is 85.4 cm³/mol. The van der Waals surface area contributed by atoms with Crippen LogP contribution >= 0.6 is 0 Å². The normalized spacial score (nSPS) is 25.5. The molecule has 0 aliphatic carbocycles. The van der Waals surface area contributed by atoms with Gasteiger partial charge in [0.15, 0.2) is 0 Å². The van der Waals surface area contributed by atoms with Crippen molar-refractivity contribution in [3.05, 3.63) is 36.8 Å². The van der Waals surface area contributed by atoms with E-state index in [2.05, 4.69) is 19.9 Å². The number of rotatable bonds is 2. The number of hydrogen-bond donors (Lipinski definition) is 1. The third kappa shape index (κ3) is 2.63. The second-order valence-electron chi connectivity index (χ2n) is 6.66. The van der Waals surface area contributed by atoms with Gasteiger partial charge >= 0.3 is 0 Å². The van der Waals surface area contributed by atoms with Crippen LogP contribution in [0.2, 0.25) is 0 Å². The third-order valence-corrected chi connectivity index (χ3v) is 5.21. The van der Waals surface area contributed by atoms with E-state index in [9.17, 15) is 13.6 Å². The zero-order valence-electron chi connectivity index (χ0n) is 13.5. The van der Waals surface area contributed by atoms with Crippen molar-refractivity contribution in [2.45, 2.75) is 18.8 Å². The van der Waals surface area contributed by atoms with Crippen molar-refractivity contribution in [3.8, 4) is 0 Å². The van der Waals surface area contributed by atoms with E-state index in [1.165, 1.54) is 17.4 Å². The summed E-state index contributed by atoms with van der Waals surface area (Å²) in [5, 5.41) is 0. The standard InChI is InChI=1S/C16H18F2N6O/c17-16(18)2-6-24(14(25)12-7-20-11-22-12)10-15(16)1-5-23(9-15)13-8-19-3-4-21-13/h3-4,7-8,11H,1-2,5-6,9-10H2,(H,20,22)/t15-/m1/s1. The van der Waals surface area contributed by atoms with E-state index in [-0.39, 0.29) is 32.0 Å². The van der Waals surface area contributed by atoms with Crippen LogP contribution in [0.15, 0.2) is 31.1 Å². The second kappa shape index (κ2) is 5.75. The summed E-state index contributed by atoms with van der Waals surface area (Å²) in [5.41, 5.74) is -0.942. The van der Waals surface area contributed by atoms with Crippen LogP contribution in [0.25, 0.3) is 0 Å². The number of anilines is 1. The van der Waals surface area contributed by atoms with Gasteiger partial charge in [0.05, 0.1) is 24.1 Å². The summed E-state index contributed by atoms with van der Waals surface area (Å²) in [6.45, 7) is 0.693. The van der Waals surface area contributed by atoms with E-state index >= 15 is 0 Å². The second-order valence-corrected chi connectivity index (χ2v) is 6.66. The van der Waals surface area contributed by atoms with Crippen LogP contribution in [0.1, 0.15) is 23.3 Å². The minimum absolute atomic E-state index is 0.0224. The van der Waals surface area contributed by atoms with Crippen LogP contribution in [0.4, 0.5) is 14.6 Å². The quantitative estimate of drug-likeness (QED) is 0.891. The molecule has 9 heteroatoms. The molecule has 1 atom stereocenters. The Bertz CT molecular complexity index is 753. The number of nitrogens with zero attached hydrogens (tertiary/aromatic N) is 5. The Morgan fingerprint density at radius 3 is 2.72 bits per heavy atom. The van der Waals surface area contributed by atoms with Gasteiger partial charge in [-0.3, -0.25) is 9.78 Å². The van der Waals surface area contributed by atoms with Gasteiger partial charge in [0, 0.05) is 45.0 Å². The summed E-state index contributed by atoms with van der Waals surface area (Å²) in [4.78, 5) is 30.7. The van der Waals surface area contributed by atoms with Crippen molar-refractivity contribution in [2.75, 3.05) is 31.1 Å². The number of aromatic amines is 1. The van der Waals surface area contributed by atoms with Crippen molar-refractivity contribution in [1.29, 1.82) is 0 Å². The van der Waals surface area contributed by atoms with E-state index in [0.29, 0.717) is 24.5 Å². The van der Waals surface area contributed by atoms with E-state index in [4.69, 9.17) is 0 Å². The number of aromatic nitrogens is 4. The van der Waals surface area contributed by atoms with Crippen LogP contribution in [0.5, 0.6) is 0 Å². The number of carbonyl (C=O) groups is 1. The maximum atomic E-state index is 14.8. The van der Waals surface area contributed by atoms with Crippen molar-refractivity contribution in [1.82, 2.24) is 24.8 Å². The molecule has 1 N–H and O–H groups in total. The molecule has 2 saturated heterocycles. The summed E-state index contributed by atoms with van der Waals surface area (Å²) in [6.07, 6.45) is 7.48. The summed E-state index contributed by atoms with van der Waals surface area (Å²) in [7, 11) is 0. The lowest BCUT2D eigenvalue weighted by Crippen LogP contribution is -2.58. The molecule has 2 fully saturated rings. The topological polar surface area (TPSA) is 78.0 Å². The first kappa shape index (κ1) is 15.9. The van der Waals surface area contributed by atoms with Crippen LogP contribution < -0.4 is 4.90 Å². The molecule has 0 radical (unpaired) electrons. The fraction of sp³-hybridized carbons (Fsp3) is 0.500. The van der Waals surface area contributed by atoms with Gasteiger partial charge in [-0.2, -0.15) is 0 Å². The molecule has 2 aromatic heterocycles. The molecule has 2 aromatic rings. The lowest BCUT2D eigenvalue weighted by atomic mass is 9.75. The Labute approximate surface area is 143 Å². The van der Waals surface area contributed by atoms with E-state index in [1.54, 1.807) is 18.6 Å². The predicted octanol–water partition coefficient (Wildman–Crippen LogP) is 1.58. The minimum atomic E-state index is -2.82. The van der Waals surface area contributed by atoms with E-state index in [0.717, 1.165) is 0 Å². The van der Waals surface area contributed by atoms with Crippen LogP contribution in [-0.2, 0) is 0 Å².